The van der Waals surface area contributed by atoms with Crippen LogP contribution >= 0.6 is 11.8 Å². The van der Waals surface area contributed by atoms with Gasteiger partial charge in [0, 0.05) is 0 Å². The molecule has 0 bridgehead atoms. The van der Waals surface area contributed by atoms with Gasteiger partial charge in [-0.05, 0) is 0 Å². The zero-order chi connectivity index (χ0) is 5.11. The summed E-state index contributed by atoms with van der Waals surface area (Å²) in [6.07, 6.45) is 0. The Bertz CT molecular complexity index is 52.0. The van der Waals surface area contributed by atoms with Crippen molar-refractivity contribution in [2.24, 2.45) is 5.92 Å². The first-order valence-corrected chi connectivity index (χ1v) is 9.66. The summed E-state index contributed by atoms with van der Waals surface area (Å²) in [7, 11) is 0. The Labute approximate surface area is 61.0 Å². The van der Waals surface area contributed by atoms with E-state index in [0.29, 0.717) is 0 Å². The Balaban J connectivity index is 1.93. The van der Waals surface area contributed by atoms with E-state index in [0.717, 1.165) is 0 Å². The number of thioether (sulfide) groups is 1. The molecule has 2 heteroatoms. The molecule has 0 aromatic carbocycles. The van der Waals surface area contributed by atoms with Gasteiger partial charge in [0.25, 0.3) is 0 Å². The van der Waals surface area contributed by atoms with Crippen molar-refractivity contribution in [1.29, 1.82) is 0 Å². The molecule has 1 fully saturated rings. The molecule has 0 spiro atoms. The SMILES string of the molecule is [CH3][Bi][CH2]C1CSC1. The second-order valence-corrected chi connectivity index (χ2v) is 6.86. The van der Waals surface area contributed by atoms with E-state index in [4.69, 9.17) is 0 Å². The minimum absolute atomic E-state index is 0.0974. The summed E-state index contributed by atoms with van der Waals surface area (Å²) in [5.41, 5.74) is 0. The summed E-state index contributed by atoms with van der Waals surface area (Å²) < 4.78 is 4.09. The molecule has 0 saturated carbocycles. The quantitative estimate of drug-likeness (QED) is 0.697. The van der Waals surface area contributed by atoms with Crippen LogP contribution in [0.3, 0.4) is 0 Å². The molecule has 0 unspecified atom stereocenters. The molecule has 7 heavy (non-hydrogen) atoms. The summed E-state index contributed by atoms with van der Waals surface area (Å²) >= 11 is 2.21. The van der Waals surface area contributed by atoms with Crippen LogP contribution in [-0.4, -0.2) is 34.7 Å². The molecule has 1 aliphatic rings. The van der Waals surface area contributed by atoms with E-state index in [-0.39, 0.29) is 23.2 Å². The predicted octanol–water partition coefficient (Wildman–Crippen LogP) is 1.52. The first-order chi connectivity index (χ1) is 3.43. The average Bonchev–Trinajstić information content (AvgIpc) is 1.55. The van der Waals surface area contributed by atoms with Crippen LogP contribution < -0.4 is 0 Å². The maximum atomic E-state index is 2.45. The summed E-state index contributed by atoms with van der Waals surface area (Å²) in [5, 5.41) is 0. The van der Waals surface area contributed by atoms with Gasteiger partial charge in [0.05, 0.1) is 0 Å². The van der Waals surface area contributed by atoms with E-state index < -0.39 is 0 Å². The standard InChI is InChI=1S/C4H7S.CH3.Bi/c1-4-2-5-3-4;;/h4H,1-3H2;1H3;. The molecule has 1 saturated heterocycles. The maximum absolute atomic E-state index is 2.45. The van der Waals surface area contributed by atoms with Crippen LogP contribution in [0.5, 0.6) is 0 Å². The van der Waals surface area contributed by atoms with Crippen molar-refractivity contribution in [1.82, 2.24) is 0 Å². The minimum atomic E-state index is 0.0974. The van der Waals surface area contributed by atoms with Gasteiger partial charge < -0.3 is 0 Å². The van der Waals surface area contributed by atoms with Crippen molar-refractivity contribution in [2.45, 2.75) is 8.76 Å². The Kier molecular flexibility index (Phi) is 2.99. The summed E-state index contributed by atoms with van der Waals surface area (Å²) in [6, 6.07) is 0. The molecule has 0 aliphatic carbocycles. The van der Waals surface area contributed by atoms with E-state index in [1.165, 1.54) is 17.4 Å². The molecule has 0 aromatic rings. The van der Waals surface area contributed by atoms with Crippen molar-refractivity contribution in [3.8, 4) is 0 Å². The fourth-order valence-electron chi connectivity index (χ4n) is 0.648. The van der Waals surface area contributed by atoms with Crippen LogP contribution in [0, 0.1) is 5.92 Å². The van der Waals surface area contributed by atoms with Crippen LogP contribution in [0.25, 0.3) is 0 Å². The average molecular weight is 311 g/mol. The Hall–Kier alpha value is 1.23. The number of hydrogen-bond donors (Lipinski definition) is 0. The molecular weight excluding hydrogens is 301 g/mol. The van der Waals surface area contributed by atoms with E-state index in [2.05, 4.69) is 16.4 Å². The van der Waals surface area contributed by atoms with Crippen molar-refractivity contribution in [3.63, 3.8) is 0 Å². The van der Waals surface area contributed by atoms with E-state index in [1.54, 1.807) is 4.13 Å². The van der Waals surface area contributed by atoms with Crippen LogP contribution in [0.2, 0.25) is 8.76 Å². The van der Waals surface area contributed by atoms with Crippen molar-refractivity contribution < 1.29 is 0 Å². The molecule has 1 heterocycles. The topological polar surface area (TPSA) is 0 Å². The molecule has 0 amide bonds. The third-order valence-electron chi connectivity index (χ3n) is 1.15. The van der Waals surface area contributed by atoms with Crippen LogP contribution in [0.4, 0.5) is 0 Å². The molecule has 0 aromatic heterocycles. The van der Waals surface area contributed by atoms with Gasteiger partial charge in [-0.1, -0.05) is 0 Å². The normalized spacial score (nSPS) is 21.9. The van der Waals surface area contributed by atoms with E-state index in [1.807, 2.05) is 0 Å². The zero-order valence-corrected chi connectivity index (χ0v) is 8.85. The third kappa shape index (κ3) is 1.89. The molecule has 0 nitrogen and oxygen atoms in total. The van der Waals surface area contributed by atoms with Crippen molar-refractivity contribution >= 4 is 35.0 Å². The second kappa shape index (κ2) is 3.30. The van der Waals surface area contributed by atoms with Crippen molar-refractivity contribution in [3.05, 3.63) is 0 Å². The van der Waals surface area contributed by atoms with Gasteiger partial charge in [-0.3, -0.25) is 0 Å². The summed E-state index contributed by atoms with van der Waals surface area (Å²) in [6.45, 7) is 0. The van der Waals surface area contributed by atoms with Gasteiger partial charge in [-0.2, -0.15) is 0 Å². The Morgan fingerprint density at radius 1 is 1.71 bits per heavy atom. The molecule has 0 N–H and O–H groups in total. The molecule has 1 radical (unpaired) electrons. The molecule has 41 valence electrons. The summed E-state index contributed by atoms with van der Waals surface area (Å²) in [5.74, 6) is 4.14. The zero-order valence-electron chi connectivity index (χ0n) is 4.55. The molecular formula is C5H10BiS. The van der Waals surface area contributed by atoms with Crippen LogP contribution in [0.1, 0.15) is 0 Å². The van der Waals surface area contributed by atoms with Gasteiger partial charge >= 0.3 is 61.2 Å². The first kappa shape index (κ1) is 6.35. The van der Waals surface area contributed by atoms with Crippen molar-refractivity contribution in [2.75, 3.05) is 11.5 Å². The first-order valence-electron chi connectivity index (χ1n) is 2.57. The van der Waals surface area contributed by atoms with Gasteiger partial charge in [-0.25, -0.2) is 0 Å². The van der Waals surface area contributed by atoms with Gasteiger partial charge in [0.1, 0.15) is 0 Å². The van der Waals surface area contributed by atoms with Gasteiger partial charge in [0.15, 0.2) is 0 Å². The Morgan fingerprint density at radius 2 is 2.43 bits per heavy atom. The van der Waals surface area contributed by atoms with Crippen LogP contribution in [-0.2, 0) is 0 Å². The second-order valence-electron chi connectivity index (χ2n) is 1.90. The van der Waals surface area contributed by atoms with Crippen LogP contribution in [0.15, 0.2) is 0 Å². The third-order valence-corrected chi connectivity index (χ3v) is 5.99. The monoisotopic (exact) mass is 311 g/mol. The number of rotatable bonds is 2. The molecule has 1 rings (SSSR count). The number of hydrogen-bond acceptors (Lipinski definition) is 1. The van der Waals surface area contributed by atoms with E-state index >= 15 is 0 Å². The Morgan fingerprint density at radius 3 is 2.57 bits per heavy atom. The predicted molar refractivity (Wildman–Crippen MR) is 37.2 cm³/mol. The van der Waals surface area contributed by atoms with Gasteiger partial charge in [0.2, 0.25) is 0 Å². The fourth-order valence-corrected chi connectivity index (χ4v) is 5.89. The van der Waals surface area contributed by atoms with Gasteiger partial charge in [-0.15, -0.1) is 0 Å². The molecule has 0 atom stereocenters. The molecule has 1 aliphatic heterocycles. The fraction of sp³-hybridized carbons (Fsp3) is 1.00. The summed E-state index contributed by atoms with van der Waals surface area (Å²) in [4.78, 5) is 0. The van der Waals surface area contributed by atoms with E-state index in [9.17, 15) is 0 Å².